The van der Waals surface area contributed by atoms with Crippen LogP contribution in [0.4, 0.5) is 0 Å². The van der Waals surface area contributed by atoms with E-state index < -0.39 is 16.1 Å². The van der Waals surface area contributed by atoms with Crippen LogP contribution in [-0.2, 0) is 22.9 Å². The van der Waals surface area contributed by atoms with Crippen molar-refractivity contribution in [1.29, 1.82) is 0 Å². The van der Waals surface area contributed by atoms with Crippen LogP contribution in [0.15, 0.2) is 23.1 Å². The summed E-state index contributed by atoms with van der Waals surface area (Å²) in [6.07, 6.45) is 2.64. The highest BCUT2D eigenvalue weighted by molar-refractivity contribution is 7.89. The van der Waals surface area contributed by atoms with Crippen LogP contribution in [0.2, 0.25) is 0 Å². The highest BCUT2D eigenvalue weighted by Gasteiger charge is 2.35. The first-order chi connectivity index (χ1) is 8.07. The first-order valence-electron chi connectivity index (χ1n) is 5.87. The quantitative estimate of drug-likeness (QED) is 0.837. The molecule has 1 aromatic carbocycles. The van der Waals surface area contributed by atoms with Gasteiger partial charge in [0.2, 0.25) is 10.0 Å². The van der Waals surface area contributed by atoms with Crippen molar-refractivity contribution in [3.05, 3.63) is 29.3 Å². The van der Waals surface area contributed by atoms with Gasteiger partial charge in [-0.1, -0.05) is 6.07 Å². The standard InChI is InChI=1S/C12H15NO3S/c14-11-7-13(8-11)17(15,16)12-5-4-9-2-1-3-10(9)6-12/h4-6,11,14H,1-3,7-8H2. The van der Waals surface area contributed by atoms with Crippen molar-refractivity contribution in [3.63, 3.8) is 0 Å². The summed E-state index contributed by atoms with van der Waals surface area (Å²) in [5.74, 6) is 0. The second-order valence-electron chi connectivity index (χ2n) is 4.76. The molecule has 1 aliphatic heterocycles. The van der Waals surface area contributed by atoms with E-state index in [4.69, 9.17) is 0 Å². The van der Waals surface area contributed by atoms with Crippen molar-refractivity contribution in [2.45, 2.75) is 30.3 Å². The van der Waals surface area contributed by atoms with Crippen LogP contribution in [0.1, 0.15) is 17.5 Å². The maximum absolute atomic E-state index is 12.2. The zero-order valence-electron chi connectivity index (χ0n) is 9.46. The van der Waals surface area contributed by atoms with Gasteiger partial charge in [-0.15, -0.1) is 0 Å². The first-order valence-corrected chi connectivity index (χ1v) is 7.31. The lowest BCUT2D eigenvalue weighted by Gasteiger charge is -2.34. The Balaban J connectivity index is 1.94. The minimum atomic E-state index is -3.38. The van der Waals surface area contributed by atoms with Gasteiger partial charge in [0.25, 0.3) is 0 Å². The van der Waals surface area contributed by atoms with Gasteiger partial charge in [-0.05, 0) is 42.5 Å². The molecule has 0 unspecified atom stereocenters. The van der Waals surface area contributed by atoms with Crippen molar-refractivity contribution < 1.29 is 13.5 Å². The van der Waals surface area contributed by atoms with Gasteiger partial charge in [-0.25, -0.2) is 8.42 Å². The van der Waals surface area contributed by atoms with E-state index in [2.05, 4.69) is 0 Å². The van der Waals surface area contributed by atoms with Crippen LogP contribution < -0.4 is 0 Å². The van der Waals surface area contributed by atoms with Gasteiger partial charge < -0.3 is 5.11 Å². The number of nitrogens with zero attached hydrogens (tertiary/aromatic N) is 1. The molecule has 0 amide bonds. The van der Waals surface area contributed by atoms with Gasteiger partial charge in [0.1, 0.15) is 0 Å². The number of hydrogen-bond acceptors (Lipinski definition) is 3. The average Bonchev–Trinajstić information content (AvgIpc) is 2.71. The third kappa shape index (κ3) is 1.78. The highest BCUT2D eigenvalue weighted by Crippen LogP contribution is 2.27. The first kappa shape index (κ1) is 11.2. The van der Waals surface area contributed by atoms with Gasteiger partial charge in [-0.3, -0.25) is 0 Å². The van der Waals surface area contributed by atoms with Gasteiger partial charge in [0.05, 0.1) is 11.0 Å². The van der Waals surface area contributed by atoms with E-state index >= 15 is 0 Å². The zero-order chi connectivity index (χ0) is 12.0. The molecule has 1 aliphatic carbocycles. The topological polar surface area (TPSA) is 57.6 Å². The monoisotopic (exact) mass is 253 g/mol. The summed E-state index contributed by atoms with van der Waals surface area (Å²) < 4.78 is 25.7. The fraction of sp³-hybridized carbons (Fsp3) is 0.500. The Kier molecular flexibility index (Phi) is 2.50. The molecule has 1 fully saturated rings. The Bertz CT molecular complexity index is 547. The van der Waals surface area contributed by atoms with Gasteiger partial charge in [0.15, 0.2) is 0 Å². The van der Waals surface area contributed by atoms with Crippen molar-refractivity contribution >= 4 is 10.0 Å². The molecule has 0 bridgehead atoms. The van der Waals surface area contributed by atoms with Crippen molar-refractivity contribution in [1.82, 2.24) is 4.31 Å². The van der Waals surface area contributed by atoms with Crippen molar-refractivity contribution in [2.24, 2.45) is 0 Å². The third-order valence-electron chi connectivity index (χ3n) is 3.54. The van der Waals surface area contributed by atoms with E-state index in [1.54, 1.807) is 12.1 Å². The van der Waals surface area contributed by atoms with Crippen LogP contribution in [0.5, 0.6) is 0 Å². The molecule has 0 saturated carbocycles. The molecule has 3 rings (SSSR count). The molecule has 5 heteroatoms. The second kappa shape index (κ2) is 3.80. The Morgan fingerprint density at radius 2 is 1.88 bits per heavy atom. The number of benzene rings is 1. The van der Waals surface area contributed by atoms with Crippen molar-refractivity contribution in [2.75, 3.05) is 13.1 Å². The molecule has 92 valence electrons. The largest absolute Gasteiger partial charge is 0.390 e. The van der Waals surface area contributed by atoms with Crippen LogP contribution in [-0.4, -0.2) is 37.0 Å². The maximum atomic E-state index is 12.2. The van der Waals surface area contributed by atoms with E-state index in [0.717, 1.165) is 24.8 Å². The summed E-state index contributed by atoms with van der Waals surface area (Å²) in [5, 5.41) is 9.18. The number of aryl methyl sites for hydroxylation is 2. The van der Waals surface area contributed by atoms with E-state index in [-0.39, 0.29) is 13.1 Å². The van der Waals surface area contributed by atoms with Crippen LogP contribution in [0, 0.1) is 0 Å². The third-order valence-corrected chi connectivity index (χ3v) is 5.36. The summed E-state index contributed by atoms with van der Waals surface area (Å²) in [6.45, 7) is 0.443. The maximum Gasteiger partial charge on any atom is 0.243 e. The highest BCUT2D eigenvalue weighted by atomic mass is 32.2. The normalized spacial score (nSPS) is 21.2. The number of fused-ring (bicyclic) bond motifs is 1. The lowest BCUT2D eigenvalue weighted by atomic mass is 10.1. The molecule has 0 radical (unpaired) electrons. The fourth-order valence-corrected chi connectivity index (χ4v) is 4.04. The van der Waals surface area contributed by atoms with E-state index in [1.807, 2.05) is 6.07 Å². The summed E-state index contributed by atoms with van der Waals surface area (Å²) >= 11 is 0. The van der Waals surface area contributed by atoms with Gasteiger partial charge in [0, 0.05) is 13.1 Å². The van der Waals surface area contributed by atoms with Crippen LogP contribution in [0.25, 0.3) is 0 Å². The van der Waals surface area contributed by atoms with E-state index in [9.17, 15) is 13.5 Å². The molecule has 2 aliphatic rings. The fourth-order valence-electron chi connectivity index (χ4n) is 2.47. The molecular formula is C12H15NO3S. The molecule has 17 heavy (non-hydrogen) atoms. The second-order valence-corrected chi connectivity index (χ2v) is 6.70. The molecule has 1 N–H and O–H groups in total. The minimum Gasteiger partial charge on any atom is -0.390 e. The SMILES string of the molecule is O=S(=O)(c1ccc2c(c1)CCC2)N1CC(O)C1. The molecule has 1 aromatic rings. The molecule has 0 aromatic heterocycles. The van der Waals surface area contributed by atoms with E-state index in [1.165, 1.54) is 9.87 Å². The van der Waals surface area contributed by atoms with Crippen LogP contribution >= 0.6 is 0 Å². The predicted octanol–water partition coefficient (Wildman–Crippen LogP) is 0.541. The smallest absolute Gasteiger partial charge is 0.243 e. The van der Waals surface area contributed by atoms with Gasteiger partial charge in [-0.2, -0.15) is 4.31 Å². The number of rotatable bonds is 2. The van der Waals surface area contributed by atoms with E-state index in [0.29, 0.717) is 4.90 Å². The zero-order valence-corrected chi connectivity index (χ0v) is 10.3. The minimum absolute atomic E-state index is 0.222. The number of aliphatic hydroxyl groups excluding tert-OH is 1. The summed E-state index contributed by atoms with van der Waals surface area (Å²) in [5.41, 5.74) is 2.43. The number of aliphatic hydroxyl groups is 1. The number of sulfonamides is 1. The van der Waals surface area contributed by atoms with Crippen molar-refractivity contribution in [3.8, 4) is 0 Å². The molecule has 0 atom stereocenters. The lowest BCUT2D eigenvalue weighted by Crippen LogP contribution is -2.53. The lowest BCUT2D eigenvalue weighted by molar-refractivity contribution is 0.0548. The molecule has 4 nitrogen and oxygen atoms in total. The molecule has 1 saturated heterocycles. The Morgan fingerprint density at radius 3 is 2.59 bits per heavy atom. The summed E-state index contributed by atoms with van der Waals surface area (Å²) in [6, 6.07) is 5.40. The summed E-state index contributed by atoms with van der Waals surface area (Å²) in [7, 11) is -3.38. The Morgan fingerprint density at radius 1 is 1.18 bits per heavy atom. The summed E-state index contributed by atoms with van der Waals surface area (Å²) in [4.78, 5) is 0.366. The molecule has 1 heterocycles. The number of β-amino-alcohol motifs (C(OH)–C–C–N with tert-alkyl or cyclic N) is 1. The molecule has 0 spiro atoms. The van der Waals surface area contributed by atoms with Crippen LogP contribution in [0.3, 0.4) is 0 Å². The predicted molar refractivity (Wildman–Crippen MR) is 63.2 cm³/mol. The Labute approximate surface area is 101 Å². The Hall–Kier alpha value is -0.910. The van der Waals surface area contributed by atoms with Gasteiger partial charge >= 0.3 is 0 Å². The number of hydrogen-bond donors (Lipinski definition) is 1. The molecular weight excluding hydrogens is 238 g/mol. The average molecular weight is 253 g/mol.